The highest BCUT2D eigenvalue weighted by molar-refractivity contribution is 7.11. The molecule has 4 nitrogen and oxygen atoms in total. The van der Waals surface area contributed by atoms with Gasteiger partial charge in [0.1, 0.15) is 17.4 Å². The maximum Gasteiger partial charge on any atom is 0.155 e. The maximum absolute atomic E-state index is 5.78. The number of hydrogen-bond donors (Lipinski definition) is 1. The molecule has 2 rings (SSSR count). The minimum atomic E-state index is 0.434. The van der Waals surface area contributed by atoms with Gasteiger partial charge in [-0.3, -0.25) is 0 Å². The van der Waals surface area contributed by atoms with Crippen molar-refractivity contribution < 1.29 is 4.74 Å². The summed E-state index contributed by atoms with van der Waals surface area (Å²) in [7, 11) is 1.88. The minimum Gasteiger partial charge on any atom is -0.486 e. The molecule has 0 aliphatic rings. The second kappa shape index (κ2) is 5.95. The fraction of sp³-hybridized carbons (Fsp3) is 0.273. The van der Waals surface area contributed by atoms with Gasteiger partial charge < -0.3 is 10.1 Å². The molecule has 0 bridgehead atoms. The molecule has 1 aromatic heterocycles. The first-order valence-electron chi connectivity index (χ1n) is 5.12. The van der Waals surface area contributed by atoms with Crippen molar-refractivity contribution in [1.29, 1.82) is 0 Å². The number of halogens is 1. The number of aromatic nitrogens is 2. The van der Waals surface area contributed by atoms with Gasteiger partial charge in [-0.25, -0.2) is 0 Å². The number of benzene rings is 1. The van der Waals surface area contributed by atoms with Crippen molar-refractivity contribution in [1.82, 2.24) is 15.5 Å². The Labute approximate surface area is 109 Å². The Morgan fingerprint density at radius 2 is 1.94 bits per heavy atom. The maximum atomic E-state index is 5.78. The van der Waals surface area contributed by atoms with Gasteiger partial charge in [-0.1, -0.05) is 22.9 Å². The first-order valence-corrected chi connectivity index (χ1v) is 6.31. The molecule has 17 heavy (non-hydrogen) atoms. The molecule has 2 aromatic rings. The van der Waals surface area contributed by atoms with Gasteiger partial charge in [-0.15, -0.1) is 10.2 Å². The average Bonchev–Trinajstić information content (AvgIpc) is 2.77. The first kappa shape index (κ1) is 12.3. The van der Waals surface area contributed by atoms with Crippen LogP contribution in [0.15, 0.2) is 24.3 Å². The highest BCUT2D eigenvalue weighted by Crippen LogP contribution is 2.18. The lowest BCUT2D eigenvalue weighted by Crippen LogP contribution is -2.04. The Morgan fingerprint density at radius 1 is 1.24 bits per heavy atom. The van der Waals surface area contributed by atoms with Crippen LogP contribution >= 0.6 is 22.9 Å². The van der Waals surface area contributed by atoms with E-state index in [1.807, 2.05) is 19.2 Å². The van der Waals surface area contributed by atoms with Crippen LogP contribution in [-0.2, 0) is 13.2 Å². The van der Waals surface area contributed by atoms with Crippen LogP contribution in [0.25, 0.3) is 0 Å². The van der Waals surface area contributed by atoms with E-state index >= 15 is 0 Å². The van der Waals surface area contributed by atoms with Crippen LogP contribution in [0.4, 0.5) is 0 Å². The number of hydrogen-bond acceptors (Lipinski definition) is 5. The average molecular weight is 270 g/mol. The molecule has 6 heteroatoms. The summed E-state index contributed by atoms with van der Waals surface area (Å²) in [6.45, 7) is 1.17. The Kier molecular flexibility index (Phi) is 4.30. The zero-order valence-electron chi connectivity index (χ0n) is 9.31. The van der Waals surface area contributed by atoms with Crippen molar-refractivity contribution in [2.24, 2.45) is 0 Å². The van der Waals surface area contributed by atoms with E-state index in [-0.39, 0.29) is 0 Å². The molecule has 0 aliphatic heterocycles. The van der Waals surface area contributed by atoms with Crippen LogP contribution in [0.2, 0.25) is 5.02 Å². The lowest BCUT2D eigenvalue weighted by molar-refractivity contribution is 0.304. The van der Waals surface area contributed by atoms with Crippen molar-refractivity contribution in [2.75, 3.05) is 7.05 Å². The Balaban J connectivity index is 1.90. The fourth-order valence-electron chi connectivity index (χ4n) is 1.25. The standard InChI is InChI=1S/C11H12ClN3OS/c1-13-6-10-14-15-11(17-10)7-16-9-4-2-8(12)3-5-9/h2-5,13H,6-7H2,1H3. The SMILES string of the molecule is CNCc1nnc(COc2ccc(Cl)cc2)s1. The van der Waals surface area contributed by atoms with E-state index in [4.69, 9.17) is 16.3 Å². The summed E-state index contributed by atoms with van der Waals surface area (Å²) in [5, 5.41) is 13.6. The predicted molar refractivity (Wildman–Crippen MR) is 68.5 cm³/mol. The Bertz CT molecular complexity index is 472. The molecule has 90 valence electrons. The number of rotatable bonds is 5. The quantitative estimate of drug-likeness (QED) is 0.906. The molecule has 0 spiro atoms. The van der Waals surface area contributed by atoms with Crippen LogP contribution in [0.5, 0.6) is 5.75 Å². The van der Waals surface area contributed by atoms with Gasteiger partial charge in [0.2, 0.25) is 0 Å². The summed E-state index contributed by atoms with van der Waals surface area (Å²) in [4.78, 5) is 0. The molecule has 0 fully saturated rings. The summed E-state index contributed by atoms with van der Waals surface area (Å²) in [5.74, 6) is 0.778. The molecule has 1 heterocycles. The van der Waals surface area contributed by atoms with E-state index < -0.39 is 0 Å². The van der Waals surface area contributed by atoms with Crippen molar-refractivity contribution in [3.05, 3.63) is 39.3 Å². The molecule has 0 unspecified atom stereocenters. The van der Waals surface area contributed by atoms with Crippen molar-refractivity contribution in [2.45, 2.75) is 13.2 Å². The normalized spacial score (nSPS) is 10.5. The van der Waals surface area contributed by atoms with Crippen molar-refractivity contribution in [3.8, 4) is 5.75 Å². The van der Waals surface area contributed by atoms with Crippen LogP contribution in [0.1, 0.15) is 10.0 Å². The second-order valence-corrected chi connectivity index (χ2v) is 4.95. The van der Waals surface area contributed by atoms with Gasteiger partial charge in [0.25, 0.3) is 0 Å². The molecule has 0 radical (unpaired) electrons. The third kappa shape index (κ3) is 3.66. The van der Waals surface area contributed by atoms with Gasteiger partial charge in [0.05, 0.1) is 0 Å². The first-order chi connectivity index (χ1) is 8.28. The zero-order valence-corrected chi connectivity index (χ0v) is 10.9. The lowest BCUT2D eigenvalue weighted by atomic mass is 10.3. The van der Waals surface area contributed by atoms with Crippen molar-refractivity contribution in [3.63, 3.8) is 0 Å². The van der Waals surface area contributed by atoms with E-state index in [0.29, 0.717) is 11.6 Å². The summed E-state index contributed by atoms with van der Waals surface area (Å²) in [6, 6.07) is 7.25. The number of ether oxygens (including phenoxy) is 1. The molecule has 0 amide bonds. The zero-order chi connectivity index (χ0) is 12.1. The van der Waals surface area contributed by atoms with Gasteiger partial charge in [0, 0.05) is 11.6 Å². The topological polar surface area (TPSA) is 47.0 Å². The molecule has 0 saturated heterocycles. The molecule has 0 aliphatic carbocycles. The van der Waals surface area contributed by atoms with E-state index in [1.54, 1.807) is 23.5 Å². The van der Waals surface area contributed by atoms with Crippen molar-refractivity contribution >= 4 is 22.9 Å². The van der Waals surface area contributed by atoms with Gasteiger partial charge in [-0.05, 0) is 31.3 Å². The minimum absolute atomic E-state index is 0.434. The lowest BCUT2D eigenvalue weighted by Gasteiger charge is -2.02. The third-order valence-corrected chi connectivity index (χ3v) is 3.16. The predicted octanol–water partition coefficient (Wildman–Crippen LogP) is 2.49. The molecular formula is C11H12ClN3OS. The number of nitrogens with one attached hydrogen (secondary N) is 1. The van der Waals surface area contributed by atoms with E-state index in [2.05, 4.69) is 15.5 Å². The van der Waals surface area contributed by atoms with Crippen LogP contribution < -0.4 is 10.1 Å². The summed E-state index contributed by atoms with van der Waals surface area (Å²) in [6.07, 6.45) is 0. The van der Waals surface area contributed by atoms with E-state index in [0.717, 1.165) is 22.3 Å². The summed E-state index contributed by atoms with van der Waals surface area (Å²) >= 11 is 7.33. The molecule has 0 saturated carbocycles. The smallest absolute Gasteiger partial charge is 0.155 e. The van der Waals surface area contributed by atoms with Gasteiger partial charge in [-0.2, -0.15) is 0 Å². The highest BCUT2D eigenvalue weighted by Gasteiger charge is 2.04. The fourth-order valence-corrected chi connectivity index (χ4v) is 2.14. The summed E-state index contributed by atoms with van der Waals surface area (Å²) in [5.41, 5.74) is 0. The van der Waals surface area contributed by atoms with Crippen LogP contribution in [-0.4, -0.2) is 17.2 Å². The number of nitrogens with zero attached hydrogens (tertiary/aromatic N) is 2. The Morgan fingerprint density at radius 3 is 2.65 bits per heavy atom. The summed E-state index contributed by atoms with van der Waals surface area (Å²) < 4.78 is 5.57. The third-order valence-electron chi connectivity index (χ3n) is 2.01. The second-order valence-electron chi connectivity index (χ2n) is 3.36. The van der Waals surface area contributed by atoms with Gasteiger partial charge >= 0.3 is 0 Å². The molecule has 1 aromatic carbocycles. The van der Waals surface area contributed by atoms with Crippen LogP contribution in [0.3, 0.4) is 0 Å². The molecular weight excluding hydrogens is 258 g/mol. The monoisotopic (exact) mass is 269 g/mol. The van der Waals surface area contributed by atoms with Gasteiger partial charge in [0.15, 0.2) is 5.01 Å². The molecule has 1 N–H and O–H groups in total. The Hall–Kier alpha value is -1.17. The van der Waals surface area contributed by atoms with Crippen LogP contribution in [0, 0.1) is 0 Å². The van der Waals surface area contributed by atoms with E-state index in [1.165, 1.54) is 0 Å². The highest BCUT2D eigenvalue weighted by atomic mass is 35.5. The largest absolute Gasteiger partial charge is 0.486 e. The van der Waals surface area contributed by atoms with E-state index in [9.17, 15) is 0 Å². The molecule has 0 atom stereocenters.